The van der Waals surface area contributed by atoms with Crippen molar-refractivity contribution in [1.82, 2.24) is 0 Å². The summed E-state index contributed by atoms with van der Waals surface area (Å²) in [6.07, 6.45) is 4.95. The summed E-state index contributed by atoms with van der Waals surface area (Å²) < 4.78 is 5.46. The fraction of sp³-hybridized carbons (Fsp3) is 0.125. The number of nitrogens with two attached hydrogens (primary N) is 1. The zero-order valence-electron chi connectivity index (χ0n) is 11.4. The van der Waals surface area contributed by atoms with Crippen molar-refractivity contribution in [3.05, 3.63) is 63.8 Å². The quantitative estimate of drug-likeness (QED) is 0.835. The fourth-order valence-electron chi connectivity index (χ4n) is 2.15. The lowest BCUT2D eigenvalue weighted by molar-refractivity contribution is -0.133. The highest BCUT2D eigenvalue weighted by molar-refractivity contribution is 9.11. The van der Waals surface area contributed by atoms with Crippen LogP contribution in [-0.4, -0.2) is 18.9 Å². The van der Waals surface area contributed by atoms with Crippen molar-refractivity contribution in [1.29, 1.82) is 0 Å². The summed E-state index contributed by atoms with van der Waals surface area (Å²) in [7, 11) is 1.32. The van der Waals surface area contributed by atoms with E-state index in [1.807, 2.05) is 0 Å². The van der Waals surface area contributed by atoms with Gasteiger partial charge >= 0.3 is 5.97 Å². The summed E-state index contributed by atoms with van der Waals surface area (Å²) in [5.74, 6) is -0.528. The van der Waals surface area contributed by atoms with Crippen molar-refractivity contribution in [2.24, 2.45) is 5.73 Å². The summed E-state index contributed by atoms with van der Waals surface area (Å²) in [6.45, 7) is 0. The van der Waals surface area contributed by atoms with Gasteiger partial charge in [-0.25, -0.2) is 4.79 Å². The number of hydrogen-bond donors (Lipinski definition) is 1. The van der Waals surface area contributed by atoms with E-state index in [9.17, 15) is 9.59 Å². The molecule has 0 atom stereocenters. The van der Waals surface area contributed by atoms with Crippen molar-refractivity contribution in [3.63, 3.8) is 0 Å². The Morgan fingerprint density at radius 2 is 2.00 bits per heavy atom. The van der Waals surface area contributed by atoms with Gasteiger partial charge in [0.25, 0.3) is 0 Å². The number of hydrogen-bond acceptors (Lipinski definition) is 4. The molecule has 5 heteroatoms. The first-order valence-corrected chi connectivity index (χ1v) is 7.06. The zero-order chi connectivity index (χ0) is 15.4. The van der Waals surface area contributed by atoms with E-state index in [4.69, 9.17) is 10.5 Å². The smallest absolute Gasteiger partial charge is 0.338 e. The maximum atomic E-state index is 12.3. The molecule has 0 aliphatic heterocycles. The number of allylic oxidation sites excluding steroid dienone is 4. The monoisotopic (exact) mass is 347 g/mol. The second kappa shape index (κ2) is 6.54. The molecule has 1 aliphatic carbocycles. The van der Waals surface area contributed by atoms with Gasteiger partial charge < -0.3 is 10.5 Å². The normalized spacial score (nSPS) is 17.0. The van der Waals surface area contributed by atoms with Crippen LogP contribution in [0.4, 0.5) is 0 Å². The van der Waals surface area contributed by atoms with Gasteiger partial charge in [-0.1, -0.05) is 24.3 Å². The number of carbonyl (C=O) groups is 2. The molecule has 0 bridgehead atoms. The number of rotatable bonds is 2. The minimum Gasteiger partial charge on any atom is -0.465 e. The van der Waals surface area contributed by atoms with Crippen LogP contribution in [-0.2, 0) is 9.53 Å². The van der Waals surface area contributed by atoms with Crippen LogP contribution < -0.4 is 5.73 Å². The van der Waals surface area contributed by atoms with Crippen molar-refractivity contribution < 1.29 is 14.3 Å². The number of ketones is 1. The summed E-state index contributed by atoms with van der Waals surface area (Å²) in [4.78, 5) is 24.4. The molecule has 1 aromatic carbocycles. The third-order valence-corrected chi connectivity index (χ3v) is 3.59. The van der Waals surface area contributed by atoms with Crippen LogP contribution in [0.15, 0.2) is 52.7 Å². The van der Waals surface area contributed by atoms with Gasteiger partial charge in [0.2, 0.25) is 0 Å². The number of methoxy groups -OCH3 is 1. The average Bonchev–Trinajstić information content (AvgIpc) is 2.64. The van der Waals surface area contributed by atoms with Crippen LogP contribution >= 0.6 is 15.9 Å². The molecule has 2 N–H and O–H groups in total. The molecule has 0 radical (unpaired) electrons. The van der Waals surface area contributed by atoms with Crippen molar-refractivity contribution in [2.45, 2.75) is 6.42 Å². The van der Waals surface area contributed by atoms with Gasteiger partial charge in [0, 0.05) is 22.7 Å². The number of carbonyl (C=O) groups excluding carboxylic acids is 2. The van der Waals surface area contributed by atoms with Gasteiger partial charge in [0.05, 0.1) is 12.7 Å². The molecule has 0 heterocycles. The topological polar surface area (TPSA) is 69.4 Å². The van der Waals surface area contributed by atoms with Crippen LogP contribution in [0.25, 0.3) is 5.57 Å². The Hall–Kier alpha value is -2.14. The van der Waals surface area contributed by atoms with Gasteiger partial charge in [-0.15, -0.1) is 0 Å². The number of fused-ring (bicyclic) bond motifs is 1. The minimum atomic E-state index is -0.476. The minimum absolute atomic E-state index is 0.0516. The van der Waals surface area contributed by atoms with E-state index in [0.717, 1.165) is 0 Å². The van der Waals surface area contributed by atoms with E-state index in [1.54, 1.807) is 36.4 Å². The Kier molecular flexibility index (Phi) is 4.75. The Morgan fingerprint density at radius 3 is 2.62 bits per heavy atom. The first kappa shape index (κ1) is 15.3. The van der Waals surface area contributed by atoms with E-state index >= 15 is 0 Å². The Morgan fingerprint density at radius 1 is 1.33 bits per heavy atom. The molecule has 4 nitrogen and oxygen atoms in total. The lowest BCUT2D eigenvalue weighted by Crippen LogP contribution is -2.06. The van der Waals surface area contributed by atoms with E-state index in [0.29, 0.717) is 26.8 Å². The van der Waals surface area contributed by atoms with E-state index < -0.39 is 5.97 Å². The summed E-state index contributed by atoms with van der Waals surface area (Å²) in [5.41, 5.74) is 7.57. The molecule has 2 rings (SSSR count). The number of Topliss-reactive ketones (excluding diaryl/α,β-unsaturated/α-hetero) is 1. The number of ether oxygens (including phenoxy) is 1. The molecule has 0 spiro atoms. The average molecular weight is 348 g/mol. The lowest BCUT2D eigenvalue weighted by atomic mass is 9.98. The van der Waals surface area contributed by atoms with Crippen LogP contribution in [0.2, 0.25) is 0 Å². The Labute approximate surface area is 131 Å². The predicted octanol–water partition coefficient (Wildman–Crippen LogP) is 2.95. The van der Waals surface area contributed by atoms with Gasteiger partial charge in [-0.3, -0.25) is 4.79 Å². The maximum Gasteiger partial charge on any atom is 0.338 e. The number of halogens is 1. The maximum absolute atomic E-state index is 12.3. The zero-order valence-corrected chi connectivity index (χ0v) is 13.0. The van der Waals surface area contributed by atoms with Crippen LogP contribution in [0.1, 0.15) is 22.3 Å². The largest absolute Gasteiger partial charge is 0.465 e. The van der Waals surface area contributed by atoms with Gasteiger partial charge in [0.15, 0.2) is 5.78 Å². The fourth-order valence-corrected chi connectivity index (χ4v) is 2.45. The Bertz CT molecular complexity index is 687. The van der Waals surface area contributed by atoms with Gasteiger partial charge in [-0.2, -0.15) is 0 Å². The van der Waals surface area contributed by atoms with Gasteiger partial charge in [-0.05, 0) is 39.2 Å². The second-order valence-electron chi connectivity index (χ2n) is 4.47. The predicted molar refractivity (Wildman–Crippen MR) is 84.7 cm³/mol. The molecule has 21 heavy (non-hydrogen) atoms. The molecule has 108 valence electrons. The van der Waals surface area contributed by atoms with E-state index in [-0.39, 0.29) is 12.2 Å². The molecule has 1 aliphatic rings. The third kappa shape index (κ3) is 3.31. The highest BCUT2D eigenvalue weighted by Crippen LogP contribution is 2.29. The van der Waals surface area contributed by atoms with Crippen LogP contribution in [0.3, 0.4) is 0 Å². The highest BCUT2D eigenvalue weighted by atomic mass is 79.9. The lowest BCUT2D eigenvalue weighted by Gasteiger charge is -2.07. The molecule has 0 aromatic heterocycles. The summed E-state index contributed by atoms with van der Waals surface area (Å²) >= 11 is 3.27. The second-order valence-corrected chi connectivity index (χ2v) is 5.38. The van der Waals surface area contributed by atoms with Crippen molar-refractivity contribution in [3.8, 4) is 0 Å². The van der Waals surface area contributed by atoms with Gasteiger partial charge in [0.1, 0.15) is 0 Å². The third-order valence-electron chi connectivity index (χ3n) is 3.10. The SMILES string of the molecule is COC(=O)C1=C/C(=C/C(Br)=C\N)CC(=O)c2ccccc21. The van der Waals surface area contributed by atoms with Crippen LogP contribution in [0.5, 0.6) is 0 Å². The molecule has 0 unspecified atom stereocenters. The molecule has 0 saturated carbocycles. The number of benzene rings is 1. The molecule has 0 amide bonds. The standard InChI is InChI=1S/C16H14BrNO3/c1-21-16(20)14-7-10(6-11(17)9-18)8-15(19)13-5-3-2-4-12(13)14/h2-7,9H,8,18H2,1H3/b10-6-,11-9+. The molecular weight excluding hydrogens is 334 g/mol. The van der Waals surface area contributed by atoms with Crippen molar-refractivity contribution in [2.75, 3.05) is 7.11 Å². The summed E-state index contributed by atoms with van der Waals surface area (Å²) in [6, 6.07) is 7.02. The first-order chi connectivity index (χ1) is 10.1. The molecule has 1 aromatic rings. The van der Waals surface area contributed by atoms with Crippen LogP contribution in [0, 0.1) is 0 Å². The first-order valence-electron chi connectivity index (χ1n) is 6.27. The molecule has 0 saturated heterocycles. The molecular formula is C16H14BrNO3. The Balaban J connectivity index is 2.63. The van der Waals surface area contributed by atoms with Crippen molar-refractivity contribution >= 4 is 33.3 Å². The van der Waals surface area contributed by atoms with E-state index in [2.05, 4.69) is 15.9 Å². The highest BCUT2D eigenvalue weighted by Gasteiger charge is 2.23. The molecule has 0 fully saturated rings. The summed E-state index contributed by atoms with van der Waals surface area (Å²) in [5, 5.41) is 0. The van der Waals surface area contributed by atoms with E-state index in [1.165, 1.54) is 13.3 Å². The number of esters is 1.